The summed E-state index contributed by atoms with van der Waals surface area (Å²) < 4.78 is 51.8. The molecule has 0 radical (unpaired) electrons. The predicted molar refractivity (Wildman–Crippen MR) is 121 cm³/mol. The molecule has 0 bridgehead atoms. The standard InChI is InChI=1S/C22H23FN4O6S/c1-26-21(28)9-7-18(25-26)22(29)24-19-14-17(34(30,31)27-10-12-32-13-11-27)6-8-20(19)33-16-4-2-15(23)3-5-16/h2-6,8,14H,7,9-13H2,1H3,(H,24,29). The number of ether oxygens (including phenoxy) is 2. The third kappa shape index (κ3) is 5.24. The quantitative estimate of drug-likeness (QED) is 0.663. The number of carbonyl (C=O) groups excluding carboxylic acids is 2. The Balaban J connectivity index is 1.67. The van der Waals surface area contributed by atoms with Crippen LogP contribution in [0, 0.1) is 5.82 Å². The first-order chi connectivity index (χ1) is 16.2. The van der Waals surface area contributed by atoms with Crippen LogP contribution in [0.25, 0.3) is 0 Å². The number of hydrazone groups is 1. The summed E-state index contributed by atoms with van der Waals surface area (Å²) >= 11 is 0. The van der Waals surface area contributed by atoms with Gasteiger partial charge in [0.2, 0.25) is 15.9 Å². The van der Waals surface area contributed by atoms with Gasteiger partial charge in [-0.1, -0.05) is 0 Å². The van der Waals surface area contributed by atoms with Crippen LogP contribution < -0.4 is 10.1 Å². The summed E-state index contributed by atoms with van der Waals surface area (Å²) in [5, 5.41) is 7.73. The molecule has 1 fully saturated rings. The second-order valence-electron chi connectivity index (χ2n) is 7.65. The first-order valence-electron chi connectivity index (χ1n) is 10.5. The Morgan fingerprint density at radius 1 is 1.12 bits per heavy atom. The molecule has 0 unspecified atom stereocenters. The van der Waals surface area contributed by atoms with E-state index in [1.807, 2.05) is 0 Å². The van der Waals surface area contributed by atoms with Crippen LogP contribution >= 0.6 is 0 Å². The average Bonchev–Trinajstić information content (AvgIpc) is 2.83. The van der Waals surface area contributed by atoms with Crippen LogP contribution in [0.5, 0.6) is 11.5 Å². The fourth-order valence-corrected chi connectivity index (χ4v) is 4.88. The summed E-state index contributed by atoms with van der Waals surface area (Å²) in [5.41, 5.74) is 0.210. The smallest absolute Gasteiger partial charge is 0.271 e. The van der Waals surface area contributed by atoms with Crippen molar-refractivity contribution in [2.24, 2.45) is 5.10 Å². The molecule has 2 aromatic carbocycles. The molecule has 2 aliphatic rings. The van der Waals surface area contributed by atoms with Crippen molar-refractivity contribution < 1.29 is 31.9 Å². The van der Waals surface area contributed by atoms with E-state index in [9.17, 15) is 22.4 Å². The highest BCUT2D eigenvalue weighted by Crippen LogP contribution is 2.33. The van der Waals surface area contributed by atoms with Gasteiger partial charge in [0.1, 0.15) is 17.3 Å². The molecule has 0 atom stereocenters. The third-order valence-electron chi connectivity index (χ3n) is 5.32. The molecule has 1 saturated heterocycles. The Morgan fingerprint density at radius 2 is 1.82 bits per heavy atom. The summed E-state index contributed by atoms with van der Waals surface area (Å²) in [6.45, 7) is 1.02. The summed E-state index contributed by atoms with van der Waals surface area (Å²) in [5.74, 6) is -0.802. The van der Waals surface area contributed by atoms with E-state index in [0.29, 0.717) is 19.0 Å². The van der Waals surface area contributed by atoms with Crippen LogP contribution in [-0.4, -0.2) is 68.6 Å². The number of halogens is 1. The van der Waals surface area contributed by atoms with Gasteiger partial charge in [0, 0.05) is 33.0 Å². The summed E-state index contributed by atoms with van der Waals surface area (Å²) in [6, 6.07) is 9.35. The van der Waals surface area contributed by atoms with Crippen LogP contribution in [-0.2, 0) is 24.3 Å². The molecule has 2 heterocycles. The Labute approximate surface area is 196 Å². The maximum absolute atomic E-state index is 13.3. The zero-order chi connectivity index (χ0) is 24.3. The summed E-state index contributed by atoms with van der Waals surface area (Å²) in [7, 11) is -2.39. The number of hydrogen-bond donors (Lipinski definition) is 1. The molecular formula is C22H23FN4O6S. The Bertz CT molecular complexity index is 1230. The van der Waals surface area contributed by atoms with E-state index in [0.717, 1.165) is 5.01 Å². The van der Waals surface area contributed by atoms with Gasteiger partial charge < -0.3 is 14.8 Å². The van der Waals surface area contributed by atoms with E-state index in [1.165, 1.54) is 53.8 Å². The largest absolute Gasteiger partial charge is 0.455 e. The maximum atomic E-state index is 13.3. The molecule has 0 spiro atoms. The van der Waals surface area contributed by atoms with E-state index in [-0.39, 0.29) is 53.9 Å². The number of nitrogens with zero attached hydrogens (tertiary/aromatic N) is 3. The maximum Gasteiger partial charge on any atom is 0.271 e. The monoisotopic (exact) mass is 490 g/mol. The number of rotatable bonds is 6. The van der Waals surface area contributed by atoms with E-state index < -0.39 is 21.7 Å². The number of nitrogens with one attached hydrogen (secondary N) is 1. The first-order valence-corrected chi connectivity index (χ1v) is 12.0. The van der Waals surface area contributed by atoms with Gasteiger partial charge in [-0.3, -0.25) is 9.59 Å². The van der Waals surface area contributed by atoms with Gasteiger partial charge in [-0.15, -0.1) is 0 Å². The van der Waals surface area contributed by atoms with Crippen molar-refractivity contribution in [1.82, 2.24) is 9.31 Å². The Kier molecular flexibility index (Phi) is 6.91. The lowest BCUT2D eigenvalue weighted by molar-refractivity contribution is -0.130. The normalized spacial score (nSPS) is 17.3. The molecule has 4 rings (SSSR count). The van der Waals surface area contributed by atoms with Crippen molar-refractivity contribution in [2.45, 2.75) is 17.7 Å². The number of sulfonamides is 1. The minimum Gasteiger partial charge on any atom is -0.455 e. The van der Waals surface area contributed by atoms with Crippen molar-refractivity contribution >= 4 is 33.2 Å². The molecule has 2 aromatic rings. The minimum absolute atomic E-state index is 0.0333. The zero-order valence-electron chi connectivity index (χ0n) is 18.4. The Morgan fingerprint density at radius 3 is 2.50 bits per heavy atom. The number of carbonyl (C=O) groups is 2. The van der Waals surface area contributed by atoms with Gasteiger partial charge in [-0.05, 0) is 42.5 Å². The predicted octanol–water partition coefficient (Wildman–Crippen LogP) is 2.19. The van der Waals surface area contributed by atoms with Crippen LogP contribution in [0.1, 0.15) is 12.8 Å². The number of amides is 2. The SMILES string of the molecule is CN1N=C(C(=O)Nc2cc(S(=O)(=O)N3CCOCC3)ccc2Oc2ccc(F)cc2)CCC1=O. The highest BCUT2D eigenvalue weighted by molar-refractivity contribution is 7.89. The van der Waals surface area contributed by atoms with Gasteiger partial charge in [0.25, 0.3) is 5.91 Å². The lowest BCUT2D eigenvalue weighted by atomic mass is 10.1. The van der Waals surface area contributed by atoms with Crippen LogP contribution in [0.15, 0.2) is 52.5 Å². The second-order valence-corrected chi connectivity index (χ2v) is 9.59. The fraction of sp³-hybridized carbons (Fsp3) is 0.318. The van der Waals surface area contributed by atoms with Crippen molar-refractivity contribution in [3.8, 4) is 11.5 Å². The fourth-order valence-electron chi connectivity index (χ4n) is 3.45. The molecule has 1 N–H and O–H groups in total. The molecule has 34 heavy (non-hydrogen) atoms. The highest BCUT2D eigenvalue weighted by atomic mass is 32.2. The lowest BCUT2D eigenvalue weighted by Gasteiger charge is -2.26. The third-order valence-corrected chi connectivity index (χ3v) is 7.21. The molecule has 2 aliphatic heterocycles. The summed E-state index contributed by atoms with van der Waals surface area (Å²) in [6.07, 6.45) is 0.280. The van der Waals surface area contributed by atoms with E-state index >= 15 is 0 Å². The van der Waals surface area contributed by atoms with Crippen molar-refractivity contribution in [3.05, 3.63) is 48.3 Å². The van der Waals surface area contributed by atoms with Gasteiger partial charge in [0.15, 0.2) is 5.75 Å². The van der Waals surface area contributed by atoms with Crippen molar-refractivity contribution in [3.63, 3.8) is 0 Å². The molecule has 10 nitrogen and oxygen atoms in total. The molecule has 0 aromatic heterocycles. The molecular weight excluding hydrogens is 467 g/mol. The number of morpholine rings is 1. The van der Waals surface area contributed by atoms with Crippen LogP contribution in [0.2, 0.25) is 0 Å². The number of hydrogen-bond acceptors (Lipinski definition) is 7. The summed E-state index contributed by atoms with van der Waals surface area (Å²) in [4.78, 5) is 24.5. The molecule has 12 heteroatoms. The highest BCUT2D eigenvalue weighted by Gasteiger charge is 2.28. The van der Waals surface area contributed by atoms with Gasteiger partial charge >= 0.3 is 0 Å². The van der Waals surface area contributed by atoms with E-state index in [4.69, 9.17) is 9.47 Å². The van der Waals surface area contributed by atoms with Crippen molar-refractivity contribution in [1.29, 1.82) is 0 Å². The molecule has 2 amide bonds. The van der Waals surface area contributed by atoms with Crippen LogP contribution in [0.3, 0.4) is 0 Å². The second kappa shape index (κ2) is 9.87. The van der Waals surface area contributed by atoms with E-state index in [1.54, 1.807) is 0 Å². The topological polar surface area (TPSA) is 118 Å². The Hall–Kier alpha value is -3.35. The first kappa shape index (κ1) is 23.8. The van der Waals surface area contributed by atoms with Gasteiger partial charge in [-0.25, -0.2) is 17.8 Å². The van der Waals surface area contributed by atoms with Crippen molar-refractivity contribution in [2.75, 3.05) is 38.7 Å². The zero-order valence-corrected chi connectivity index (χ0v) is 19.2. The number of benzene rings is 2. The number of anilines is 1. The molecule has 0 aliphatic carbocycles. The molecule has 0 saturated carbocycles. The average molecular weight is 491 g/mol. The van der Waals surface area contributed by atoms with Gasteiger partial charge in [-0.2, -0.15) is 9.41 Å². The molecule has 180 valence electrons. The minimum atomic E-state index is -3.84. The van der Waals surface area contributed by atoms with Gasteiger partial charge in [0.05, 0.1) is 23.8 Å². The lowest BCUT2D eigenvalue weighted by Crippen LogP contribution is -2.40. The van der Waals surface area contributed by atoms with E-state index in [2.05, 4.69) is 10.4 Å². The van der Waals surface area contributed by atoms with Crippen LogP contribution in [0.4, 0.5) is 10.1 Å².